The second-order valence-electron chi connectivity index (χ2n) is 9.31. The molecule has 0 spiro atoms. The van der Waals surface area contributed by atoms with Crippen LogP contribution < -0.4 is 10.6 Å². The van der Waals surface area contributed by atoms with E-state index in [-0.39, 0.29) is 29.4 Å². The van der Waals surface area contributed by atoms with Crippen molar-refractivity contribution in [1.82, 2.24) is 9.97 Å². The molecule has 2 bridgehead atoms. The molecule has 4 aromatic rings. The van der Waals surface area contributed by atoms with Crippen molar-refractivity contribution in [1.29, 1.82) is 0 Å². The minimum atomic E-state index is -0.957. The first-order valence-corrected chi connectivity index (χ1v) is 11.8. The maximum Gasteiger partial charge on any atom is 0.262 e. The van der Waals surface area contributed by atoms with Gasteiger partial charge in [-0.3, -0.25) is 9.59 Å². The molecule has 7 rings (SSSR count). The number of carbonyl (C=O) groups is 2. The van der Waals surface area contributed by atoms with Crippen molar-refractivity contribution in [3.05, 3.63) is 95.3 Å². The van der Waals surface area contributed by atoms with E-state index in [0.717, 1.165) is 29.9 Å². The SMILES string of the molecule is C[C@@H]1C2C[C@@H]1C(=O)c1c2[nH]c(-c2ccnc(NC(=O)c3c(F)cccc3F)c2)c1Nc1ccccc1. The number of hydrogen-bond acceptors (Lipinski definition) is 4. The summed E-state index contributed by atoms with van der Waals surface area (Å²) in [6, 6.07) is 16.2. The Balaban J connectivity index is 1.40. The molecule has 6 nitrogen and oxygen atoms in total. The lowest BCUT2D eigenvalue weighted by atomic mass is 9.57. The Kier molecular flexibility index (Phi) is 5.17. The van der Waals surface area contributed by atoms with Crippen LogP contribution in [0.2, 0.25) is 0 Å². The average molecular weight is 485 g/mol. The molecule has 3 N–H and O–H groups in total. The number of halogens is 2. The van der Waals surface area contributed by atoms with Gasteiger partial charge in [-0.25, -0.2) is 13.8 Å². The molecule has 3 atom stereocenters. The molecule has 1 unspecified atom stereocenters. The van der Waals surface area contributed by atoms with E-state index in [4.69, 9.17) is 0 Å². The smallest absolute Gasteiger partial charge is 0.262 e. The van der Waals surface area contributed by atoms with Gasteiger partial charge >= 0.3 is 0 Å². The molecular weight excluding hydrogens is 462 g/mol. The van der Waals surface area contributed by atoms with Gasteiger partial charge in [-0.2, -0.15) is 0 Å². The van der Waals surface area contributed by atoms with Gasteiger partial charge < -0.3 is 15.6 Å². The number of benzene rings is 2. The molecule has 0 aliphatic heterocycles. The first-order chi connectivity index (χ1) is 17.4. The number of para-hydroxylation sites is 1. The number of anilines is 3. The zero-order valence-electron chi connectivity index (χ0n) is 19.3. The number of rotatable bonds is 5. The van der Waals surface area contributed by atoms with Crippen molar-refractivity contribution in [3.8, 4) is 11.3 Å². The number of aromatic amines is 1. The van der Waals surface area contributed by atoms with Crippen LogP contribution in [0.5, 0.6) is 0 Å². The molecular formula is C28H22F2N4O2. The Morgan fingerprint density at radius 2 is 1.78 bits per heavy atom. The van der Waals surface area contributed by atoms with Gasteiger partial charge in [-0.05, 0) is 48.7 Å². The van der Waals surface area contributed by atoms with Crippen molar-refractivity contribution in [3.63, 3.8) is 0 Å². The summed E-state index contributed by atoms with van der Waals surface area (Å²) in [6.07, 6.45) is 2.34. The quantitative estimate of drug-likeness (QED) is 0.311. The molecule has 2 aromatic heterocycles. The number of amides is 1. The Bertz CT molecular complexity index is 1500. The van der Waals surface area contributed by atoms with E-state index >= 15 is 0 Å². The minimum Gasteiger partial charge on any atom is -0.356 e. The molecule has 1 saturated carbocycles. The van der Waals surface area contributed by atoms with Gasteiger partial charge in [-0.1, -0.05) is 31.2 Å². The summed E-state index contributed by atoms with van der Waals surface area (Å²) < 4.78 is 28.2. The Morgan fingerprint density at radius 1 is 1.03 bits per heavy atom. The fraction of sp³-hybridized carbons (Fsp3) is 0.179. The third-order valence-electron chi connectivity index (χ3n) is 7.28. The summed E-state index contributed by atoms with van der Waals surface area (Å²) in [5.41, 5.74) is 3.77. The van der Waals surface area contributed by atoms with E-state index < -0.39 is 23.1 Å². The lowest BCUT2D eigenvalue weighted by molar-refractivity contribution is 0.0637. The molecule has 1 fully saturated rings. The van der Waals surface area contributed by atoms with Crippen molar-refractivity contribution in [2.24, 2.45) is 11.8 Å². The Morgan fingerprint density at radius 3 is 2.50 bits per heavy atom. The van der Waals surface area contributed by atoms with E-state index in [0.29, 0.717) is 22.5 Å². The van der Waals surface area contributed by atoms with Crippen molar-refractivity contribution < 1.29 is 18.4 Å². The number of ketones is 1. The van der Waals surface area contributed by atoms with Crippen LogP contribution in [0, 0.1) is 23.5 Å². The lowest BCUT2D eigenvalue weighted by Gasteiger charge is -2.46. The second kappa shape index (κ2) is 8.41. The van der Waals surface area contributed by atoms with Gasteiger partial charge in [-0.15, -0.1) is 0 Å². The Hall–Kier alpha value is -4.33. The highest BCUT2D eigenvalue weighted by Gasteiger charge is 2.51. The van der Waals surface area contributed by atoms with Crippen LogP contribution in [0.15, 0.2) is 66.9 Å². The predicted octanol–water partition coefficient (Wildman–Crippen LogP) is 6.29. The zero-order chi connectivity index (χ0) is 25.0. The van der Waals surface area contributed by atoms with Gasteiger partial charge in [0.15, 0.2) is 5.78 Å². The number of H-pyrrole nitrogens is 1. The largest absolute Gasteiger partial charge is 0.356 e. The average Bonchev–Trinajstić information content (AvgIpc) is 3.24. The number of nitrogens with zero attached hydrogens (tertiary/aromatic N) is 1. The zero-order valence-corrected chi connectivity index (χ0v) is 19.3. The maximum absolute atomic E-state index is 14.1. The van der Waals surface area contributed by atoms with Crippen LogP contribution in [0.4, 0.5) is 26.0 Å². The highest BCUT2D eigenvalue weighted by molar-refractivity contribution is 6.10. The van der Waals surface area contributed by atoms with Gasteiger partial charge in [0, 0.05) is 35.0 Å². The highest BCUT2D eigenvalue weighted by Crippen LogP contribution is 2.56. The van der Waals surface area contributed by atoms with Crippen LogP contribution in [0.3, 0.4) is 0 Å². The van der Waals surface area contributed by atoms with Crippen molar-refractivity contribution in [2.45, 2.75) is 19.3 Å². The minimum absolute atomic E-state index is 0.0189. The predicted molar refractivity (Wildman–Crippen MR) is 132 cm³/mol. The van der Waals surface area contributed by atoms with Gasteiger partial charge in [0.25, 0.3) is 5.91 Å². The Labute approximate surface area is 205 Å². The molecule has 2 aromatic carbocycles. The fourth-order valence-electron chi connectivity index (χ4n) is 5.31. The highest BCUT2D eigenvalue weighted by atomic mass is 19.1. The molecule has 2 heterocycles. The molecule has 36 heavy (non-hydrogen) atoms. The van der Waals surface area contributed by atoms with Crippen molar-refractivity contribution in [2.75, 3.05) is 10.6 Å². The third kappa shape index (κ3) is 3.48. The van der Waals surface area contributed by atoms with E-state index in [1.807, 2.05) is 30.3 Å². The van der Waals surface area contributed by atoms with Crippen molar-refractivity contribution >= 4 is 28.9 Å². The van der Waals surface area contributed by atoms with Gasteiger partial charge in [0.05, 0.1) is 16.9 Å². The summed E-state index contributed by atoms with van der Waals surface area (Å²) >= 11 is 0. The number of hydrogen-bond donors (Lipinski definition) is 3. The molecule has 0 radical (unpaired) electrons. The van der Waals surface area contributed by atoms with E-state index in [2.05, 4.69) is 27.5 Å². The van der Waals surface area contributed by atoms with Crippen LogP contribution in [-0.2, 0) is 0 Å². The lowest BCUT2D eigenvalue weighted by Crippen LogP contribution is -2.43. The van der Waals surface area contributed by atoms with Crippen LogP contribution in [-0.4, -0.2) is 21.7 Å². The maximum atomic E-state index is 14.1. The first-order valence-electron chi connectivity index (χ1n) is 11.8. The number of Topliss-reactive ketones (excluding diaryl/α,β-unsaturated/α-hetero) is 1. The van der Waals surface area contributed by atoms with E-state index in [1.165, 1.54) is 12.3 Å². The summed E-state index contributed by atoms with van der Waals surface area (Å²) in [7, 11) is 0. The van der Waals surface area contributed by atoms with Crippen LogP contribution in [0.25, 0.3) is 11.3 Å². The number of nitrogens with one attached hydrogen (secondary N) is 3. The number of aromatic nitrogens is 2. The number of pyridine rings is 1. The van der Waals surface area contributed by atoms with Crippen LogP contribution in [0.1, 0.15) is 45.7 Å². The van der Waals surface area contributed by atoms with E-state index in [9.17, 15) is 18.4 Å². The topological polar surface area (TPSA) is 86.9 Å². The monoisotopic (exact) mass is 484 g/mol. The molecule has 180 valence electrons. The van der Waals surface area contributed by atoms with Gasteiger partial charge in [0.2, 0.25) is 0 Å². The van der Waals surface area contributed by atoms with Gasteiger partial charge in [0.1, 0.15) is 23.0 Å². The summed E-state index contributed by atoms with van der Waals surface area (Å²) in [5.74, 6) is -2.02. The molecule has 3 aliphatic rings. The second-order valence-corrected chi connectivity index (χ2v) is 9.31. The van der Waals surface area contributed by atoms with Crippen LogP contribution >= 0.6 is 0 Å². The summed E-state index contributed by atoms with van der Waals surface area (Å²) in [5, 5.41) is 5.89. The fourth-order valence-corrected chi connectivity index (χ4v) is 5.31. The molecule has 8 heteroatoms. The molecule has 0 saturated heterocycles. The summed E-state index contributed by atoms with van der Waals surface area (Å²) in [4.78, 5) is 33.6. The number of carbonyl (C=O) groups excluding carboxylic acids is 2. The molecule has 3 aliphatic carbocycles. The van der Waals surface area contributed by atoms with E-state index in [1.54, 1.807) is 12.1 Å². The third-order valence-corrected chi connectivity index (χ3v) is 7.28. The first kappa shape index (κ1) is 22.2. The normalized spacial score (nSPS) is 19.9. The molecule has 1 amide bonds. The standard InChI is InChI=1S/C28H22F2N4O2/c1-14-17-13-18(14)27(35)23-25(17)34-24(26(23)32-16-6-3-2-4-7-16)15-10-11-31-21(12-15)33-28(36)22-19(29)8-5-9-20(22)30/h2-12,14,17-18,32,34H,13H2,1H3,(H,31,33,36)/t14-,17?,18+/m1/s1. The summed E-state index contributed by atoms with van der Waals surface area (Å²) in [6.45, 7) is 2.10.